The van der Waals surface area contributed by atoms with Crippen LogP contribution in [0.1, 0.15) is 10.6 Å². The van der Waals surface area contributed by atoms with Gasteiger partial charge in [0.25, 0.3) is 0 Å². The Bertz CT molecular complexity index is 710. The van der Waals surface area contributed by atoms with Crippen LogP contribution in [0, 0.1) is 6.92 Å². The number of nitrogen functional groups attached to an aromatic ring is 1. The molecule has 0 saturated carbocycles. The number of hydrogen-bond acceptors (Lipinski definition) is 6. The zero-order valence-corrected chi connectivity index (χ0v) is 12.8. The minimum absolute atomic E-state index is 0.150. The van der Waals surface area contributed by atoms with Gasteiger partial charge in [0, 0.05) is 4.88 Å². The van der Waals surface area contributed by atoms with Gasteiger partial charge in [0.05, 0.1) is 34.0 Å². The van der Waals surface area contributed by atoms with Crippen LogP contribution in [0.3, 0.4) is 0 Å². The van der Waals surface area contributed by atoms with Crippen molar-refractivity contribution in [2.75, 3.05) is 18.1 Å². The van der Waals surface area contributed by atoms with Crippen LogP contribution >= 0.6 is 11.3 Å². The Labute approximate surface area is 122 Å². The summed E-state index contributed by atoms with van der Waals surface area (Å²) in [5.41, 5.74) is 9.75. The second-order valence-corrected chi connectivity index (χ2v) is 7.00. The molecule has 0 unspecified atom stereocenters. The molecule has 0 fully saturated rings. The van der Waals surface area contributed by atoms with E-state index in [9.17, 15) is 8.42 Å². The Morgan fingerprint density at radius 1 is 1.40 bits per heavy atom. The van der Waals surface area contributed by atoms with Crippen LogP contribution in [-0.2, 0) is 16.6 Å². The maximum atomic E-state index is 11.7. The lowest BCUT2D eigenvalue weighted by Gasteiger charge is -2.10. The highest BCUT2D eigenvalue weighted by Gasteiger charge is 2.13. The molecule has 0 aliphatic rings. The summed E-state index contributed by atoms with van der Waals surface area (Å²) in [6.45, 7) is 2.55. The van der Waals surface area contributed by atoms with Gasteiger partial charge in [0.15, 0.2) is 0 Å². The van der Waals surface area contributed by atoms with Crippen molar-refractivity contribution in [3.05, 3.63) is 34.3 Å². The van der Waals surface area contributed by atoms with Crippen LogP contribution in [0.4, 0.5) is 11.4 Å². The number of benzene rings is 1. The second-order valence-electron chi connectivity index (χ2n) is 4.17. The van der Waals surface area contributed by atoms with E-state index in [1.807, 2.05) is 6.92 Å². The van der Waals surface area contributed by atoms with E-state index < -0.39 is 10.0 Å². The molecule has 1 aromatic heterocycles. The standard InChI is InChI=1S/C12H16N4O2S2/c1-8-12(19-7-16-8)6-15-11-4-3-9(5-10(11)13)20(17,18)14-2/h3-5,7,14-15H,6,13H2,1-2H3. The van der Waals surface area contributed by atoms with Gasteiger partial charge in [-0.2, -0.15) is 0 Å². The van der Waals surface area contributed by atoms with Crippen LogP contribution in [0.2, 0.25) is 0 Å². The first kappa shape index (κ1) is 14.8. The van der Waals surface area contributed by atoms with Gasteiger partial charge >= 0.3 is 0 Å². The largest absolute Gasteiger partial charge is 0.397 e. The SMILES string of the molecule is CNS(=O)(=O)c1ccc(NCc2scnc2C)c(N)c1. The van der Waals surface area contributed by atoms with E-state index in [0.717, 1.165) is 10.6 Å². The zero-order chi connectivity index (χ0) is 14.8. The number of hydrogen-bond donors (Lipinski definition) is 3. The molecule has 108 valence electrons. The van der Waals surface area contributed by atoms with Crippen LogP contribution < -0.4 is 15.8 Å². The Balaban J connectivity index is 2.17. The van der Waals surface area contributed by atoms with E-state index >= 15 is 0 Å². The van der Waals surface area contributed by atoms with E-state index in [0.29, 0.717) is 17.9 Å². The Hall–Kier alpha value is -1.64. The van der Waals surface area contributed by atoms with Crippen LogP contribution in [0.5, 0.6) is 0 Å². The molecule has 0 aliphatic heterocycles. The van der Waals surface area contributed by atoms with Gasteiger partial charge in [-0.05, 0) is 32.2 Å². The number of nitrogens with two attached hydrogens (primary N) is 1. The first-order valence-corrected chi connectivity index (χ1v) is 8.26. The van der Waals surface area contributed by atoms with Crippen LogP contribution in [0.25, 0.3) is 0 Å². The molecule has 0 amide bonds. The summed E-state index contributed by atoms with van der Waals surface area (Å²) >= 11 is 1.57. The van der Waals surface area contributed by atoms with E-state index in [1.54, 1.807) is 22.9 Å². The fourth-order valence-corrected chi connectivity index (χ4v) is 3.14. The molecule has 8 heteroatoms. The summed E-state index contributed by atoms with van der Waals surface area (Å²) in [5, 5.41) is 3.18. The summed E-state index contributed by atoms with van der Waals surface area (Å²) in [7, 11) is -2.10. The molecule has 2 aromatic rings. The van der Waals surface area contributed by atoms with Gasteiger partial charge in [-0.15, -0.1) is 11.3 Å². The maximum absolute atomic E-state index is 11.7. The van der Waals surface area contributed by atoms with Crippen molar-refractivity contribution in [3.8, 4) is 0 Å². The van der Waals surface area contributed by atoms with Gasteiger partial charge in [-0.3, -0.25) is 0 Å². The quantitative estimate of drug-likeness (QED) is 0.728. The molecule has 0 spiro atoms. The van der Waals surface area contributed by atoms with E-state index in [2.05, 4.69) is 15.0 Å². The smallest absolute Gasteiger partial charge is 0.240 e. The second kappa shape index (κ2) is 5.78. The average Bonchev–Trinajstić information content (AvgIpc) is 2.83. The molecule has 6 nitrogen and oxygen atoms in total. The van der Waals surface area contributed by atoms with Crippen molar-refractivity contribution in [2.45, 2.75) is 18.4 Å². The number of aryl methyl sites for hydroxylation is 1. The van der Waals surface area contributed by atoms with E-state index in [-0.39, 0.29) is 4.90 Å². The minimum Gasteiger partial charge on any atom is -0.397 e. The number of thiazole rings is 1. The maximum Gasteiger partial charge on any atom is 0.240 e. The van der Waals surface area contributed by atoms with Crippen molar-refractivity contribution in [2.24, 2.45) is 0 Å². The fraction of sp³-hybridized carbons (Fsp3) is 0.250. The number of aromatic nitrogens is 1. The highest BCUT2D eigenvalue weighted by atomic mass is 32.2. The highest BCUT2D eigenvalue weighted by molar-refractivity contribution is 7.89. The summed E-state index contributed by atoms with van der Waals surface area (Å²) < 4.78 is 25.6. The first-order valence-electron chi connectivity index (χ1n) is 5.90. The molecule has 0 atom stereocenters. The van der Waals surface area contributed by atoms with Crippen molar-refractivity contribution in [1.29, 1.82) is 0 Å². The molecule has 0 radical (unpaired) electrons. The van der Waals surface area contributed by atoms with Gasteiger partial charge in [-0.25, -0.2) is 18.1 Å². The number of sulfonamides is 1. The number of rotatable bonds is 5. The third-order valence-electron chi connectivity index (χ3n) is 2.89. The molecule has 0 aliphatic carbocycles. The molecule has 4 N–H and O–H groups in total. The Morgan fingerprint density at radius 3 is 2.70 bits per heavy atom. The predicted octanol–water partition coefficient (Wildman–Crippen LogP) is 1.55. The summed E-state index contributed by atoms with van der Waals surface area (Å²) in [6.07, 6.45) is 0. The minimum atomic E-state index is -3.47. The summed E-state index contributed by atoms with van der Waals surface area (Å²) in [4.78, 5) is 5.44. The summed E-state index contributed by atoms with van der Waals surface area (Å²) in [6, 6.07) is 4.62. The molecule has 1 aromatic carbocycles. The fourth-order valence-electron chi connectivity index (χ4n) is 1.66. The first-order chi connectivity index (χ1) is 9.44. The van der Waals surface area contributed by atoms with Gasteiger partial charge < -0.3 is 11.1 Å². The lowest BCUT2D eigenvalue weighted by molar-refractivity contribution is 0.588. The lowest BCUT2D eigenvalue weighted by Crippen LogP contribution is -2.18. The number of anilines is 2. The van der Waals surface area contributed by atoms with Gasteiger partial charge in [0.2, 0.25) is 10.0 Å². The average molecular weight is 312 g/mol. The molecule has 1 heterocycles. The molecule has 0 bridgehead atoms. The Kier molecular flexibility index (Phi) is 4.26. The van der Waals surface area contributed by atoms with Gasteiger partial charge in [0.1, 0.15) is 0 Å². The number of nitrogens with zero attached hydrogens (tertiary/aromatic N) is 1. The van der Waals surface area contributed by atoms with Crippen molar-refractivity contribution in [1.82, 2.24) is 9.71 Å². The van der Waals surface area contributed by atoms with Crippen LogP contribution in [0.15, 0.2) is 28.6 Å². The third-order valence-corrected chi connectivity index (χ3v) is 5.23. The Morgan fingerprint density at radius 2 is 2.15 bits per heavy atom. The molecule has 2 rings (SSSR count). The van der Waals surface area contributed by atoms with Crippen molar-refractivity contribution in [3.63, 3.8) is 0 Å². The topological polar surface area (TPSA) is 97.1 Å². The molecule has 0 saturated heterocycles. The normalized spacial score (nSPS) is 11.5. The zero-order valence-electron chi connectivity index (χ0n) is 11.2. The van der Waals surface area contributed by atoms with E-state index in [4.69, 9.17) is 5.73 Å². The highest BCUT2D eigenvalue weighted by Crippen LogP contribution is 2.24. The number of nitrogens with one attached hydrogen (secondary N) is 2. The van der Waals surface area contributed by atoms with Crippen molar-refractivity contribution >= 4 is 32.7 Å². The van der Waals surface area contributed by atoms with Crippen molar-refractivity contribution < 1.29 is 8.42 Å². The monoisotopic (exact) mass is 312 g/mol. The lowest BCUT2D eigenvalue weighted by atomic mass is 10.2. The molecular formula is C12H16N4O2S2. The molecular weight excluding hydrogens is 296 g/mol. The molecule has 20 heavy (non-hydrogen) atoms. The summed E-state index contributed by atoms with van der Waals surface area (Å²) in [5.74, 6) is 0. The predicted molar refractivity (Wildman–Crippen MR) is 81.3 cm³/mol. The third kappa shape index (κ3) is 3.09. The van der Waals surface area contributed by atoms with Crippen LogP contribution in [-0.4, -0.2) is 20.4 Å². The van der Waals surface area contributed by atoms with Gasteiger partial charge in [-0.1, -0.05) is 0 Å². The van der Waals surface area contributed by atoms with E-state index in [1.165, 1.54) is 19.2 Å².